The molecule has 2 saturated carbocycles. The lowest BCUT2D eigenvalue weighted by molar-refractivity contribution is -0.137. The summed E-state index contributed by atoms with van der Waals surface area (Å²) in [5, 5.41) is 0. The van der Waals surface area contributed by atoms with Crippen LogP contribution in [0.3, 0.4) is 0 Å². The Hall–Kier alpha value is -0.920. The molecule has 21 heavy (non-hydrogen) atoms. The highest BCUT2D eigenvalue weighted by Gasteiger charge is 2.51. The summed E-state index contributed by atoms with van der Waals surface area (Å²) < 4.78 is 0. The molecule has 0 heterocycles. The first-order valence-corrected chi connectivity index (χ1v) is 8.74. The Morgan fingerprint density at radius 3 is 2.71 bits per heavy atom. The van der Waals surface area contributed by atoms with Gasteiger partial charge in [-0.25, -0.2) is 0 Å². The van der Waals surface area contributed by atoms with E-state index in [1.165, 1.54) is 18.4 Å². The molecule has 0 aliphatic heterocycles. The lowest BCUT2D eigenvalue weighted by Crippen LogP contribution is -2.48. The summed E-state index contributed by atoms with van der Waals surface area (Å²) in [6.07, 6.45) is 8.87. The Morgan fingerprint density at radius 1 is 1.24 bits per heavy atom. The molecule has 2 heteroatoms. The van der Waals surface area contributed by atoms with E-state index < -0.39 is 0 Å². The third-order valence-corrected chi connectivity index (χ3v) is 6.96. The maximum Gasteiger partial charge on any atom is 0.155 e. The number of hydrogen-bond donors (Lipinski definition) is 0. The van der Waals surface area contributed by atoms with E-state index in [0.29, 0.717) is 41.7 Å². The van der Waals surface area contributed by atoms with Crippen LogP contribution in [0.5, 0.6) is 0 Å². The standard InChI is InChI=1S/C19H28O2/c1-4-18(21)19(3)10-9-17-15(12(19)2)7-5-13-11-14(20)6-8-16(13)17/h11-12,15-17H,4-10H2,1-3H3. The zero-order valence-electron chi connectivity index (χ0n) is 13.7. The second kappa shape index (κ2) is 5.37. The smallest absolute Gasteiger partial charge is 0.155 e. The first-order chi connectivity index (χ1) is 9.97. The van der Waals surface area contributed by atoms with E-state index in [-0.39, 0.29) is 5.41 Å². The van der Waals surface area contributed by atoms with Gasteiger partial charge in [0, 0.05) is 18.3 Å². The van der Waals surface area contributed by atoms with E-state index in [0.717, 1.165) is 25.7 Å². The van der Waals surface area contributed by atoms with E-state index in [2.05, 4.69) is 13.8 Å². The van der Waals surface area contributed by atoms with Crippen molar-refractivity contribution < 1.29 is 9.59 Å². The summed E-state index contributed by atoms with van der Waals surface area (Å²) >= 11 is 0. The maximum absolute atomic E-state index is 12.4. The molecule has 0 aromatic rings. The molecule has 5 unspecified atom stereocenters. The summed E-state index contributed by atoms with van der Waals surface area (Å²) in [6, 6.07) is 0. The van der Waals surface area contributed by atoms with Gasteiger partial charge in [-0.05, 0) is 61.9 Å². The van der Waals surface area contributed by atoms with Crippen molar-refractivity contribution in [2.24, 2.45) is 29.1 Å². The lowest BCUT2D eigenvalue weighted by Gasteiger charge is -2.53. The van der Waals surface area contributed by atoms with Crippen LogP contribution in [0.15, 0.2) is 11.6 Å². The van der Waals surface area contributed by atoms with Crippen LogP contribution >= 0.6 is 0 Å². The van der Waals surface area contributed by atoms with Crippen molar-refractivity contribution in [3.63, 3.8) is 0 Å². The average molecular weight is 288 g/mol. The minimum atomic E-state index is -0.110. The van der Waals surface area contributed by atoms with Gasteiger partial charge in [0.15, 0.2) is 5.78 Å². The highest BCUT2D eigenvalue weighted by atomic mass is 16.1. The fraction of sp³-hybridized carbons (Fsp3) is 0.789. The quantitative estimate of drug-likeness (QED) is 0.757. The molecular formula is C19H28O2. The third kappa shape index (κ3) is 2.31. The molecule has 3 rings (SSSR count). The molecule has 0 N–H and O–H groups in total. The summed E-state index contributed by atoms with van der Waals surface area (Å²) in [5.41, 5.74) is 1.31. The van der Waals surface area contributed by atoms with Crippen LogP contribution in [0.1, 0.15) is 65.7 Å². The predicted octanol–water partition coefficient (Wildman–Crippen LogP) is 4.33. The molecule has 2 fully saturated rings. The van der Waals surface area contributed by atoms with Gasteiger partial charge < -0.3 is 0 Å². The Bertz CT molecular complexity index is 490. The number of allylic oxidation sites excluding steroid dienone is 2. The number of Topliss-reactive ketones (excluding diaryl/α,β-unsaturated/α-hetero) is 1. The Kier molecular flexibility index (Phi) is 3.83. The molecule has 0 bridgehead atoms. The Morgan fingerprint density at radius 2 is 2.00 bits per heavy atom. The van der Waals surface area contributed by atoms with Crippen molar-refractivity contribution >= 4 is 11.6 Å². The topological polar surface area (TPSA) is 34.1 Å². The molecule has 0 amide bonds. The maximum atomic E-state index is 12.4. The first kappa shape index (κ1) is 15.0. The lowest BCUT2D eigenvalue weighted by atomic mass is 9.51. The van der Waals surface area contributed by atoms with Gasteiger partial charge in [0.1, 0.15) is 5.78 Å². The Labute approximate surface area is 128 Å². The molecule has 0 spiro atoms. The zero-order chi connectivity index (χ0) is 15.2. The van der Waals surface area contributed by atoms with Crippen molar-refractivity contribution in [2.45, 2.75) is 65.7 Å². The van der Waals surface area contributed by atoms with Gasteiger partial charge in [0.2, 0.25) is 0 Å². The fourth-order valence-corrected chi connectivity index (χ4v) is 5.46. The van der Waals surface area contributed by atoms with E-state index in [9.17, 15) is 9.59 Å². The molecule has 0 aromatic carbocycles. The van der Waals surface area contributed by atoms with E-state index in [1.807, 2.05) is 13.0 Å². The van der Waals surface area contributed by atoms with Gasteiger partial charge in [-0.1, -0.05) is 26.3 Å². The van der Waals surface area contributed by atoms with Crippen LogP contribution < -0.4 is 0 Å². The Balaban J connectivity index is 1.84. The number of carbonyl (C=O) groups is 2. The zero-order valence-corrected chi connectivity index (χ0v) is 13.7. The second-order valence-electron chi connectivity index (χ2n) is 7.72. The number of rotatable bonds is 2. The van der Waals surface area contributed by atoms with Crippen LogP contribution in [-0.4, -0.2) is 11.6 Å². The van der Waals surface area contributed by atoms with Crippen LogP contribution in [-0.2, 0) is 9.59 Å². The van der Waals surface area contributed by atoms with Crippen molar-refractivity contribution in [1.82, 2.24) is 0 Å². The second-order valence-corrected chi connectivity index (χ2v) is 7.72. The molecule has 5 atom stereocenters. The highest BCUT2D eigenvalue weighted by molar-refractivity contribution is 5.91. The monoisotopic (exact) mass is 288 g/mol. The summed E-state index contributed by atoms with van der Waals surface area (Å²) in [7, 11) is 0. The van der Waals surface area contributed by atoms with Crippen molar-refractivity contribution in [2.75, 3.05) is 0 Å². The minimum Gasteiger partial charge on any atom is -0.299 e. The summed E-state index contributed by atoms with van der Waals surface area (Å²) in [6.45, 7) is 6.52. The van der Waals surface area contributed by atoms with Gasteiger partial charge in [0.05, 0.1) is 0 Å². The molecule has 0 saturated heterocycles. The normalized spacial score (nSPS) is 42.8. The van der Waals surface area contributed by atoms with E-state index >= 15 is 0 Å². The van der Waals surface area contributed by atoms with Crippen molar-refractivity contribution in [3.8, 4) is 0 Å². The summed E-state index contributed by atoms with van der Waals surface area (Å²) in [4.78, 5) is 24.1. The van der Waals surface area contributed by atoms with Gasteiger partial charge >= 0.3 is 0 Å². The molecule has 116 valence electrons. The first-order valence-electron chi connectivity index (χ1n) is 8.74. The van der Waals surface area contributed by atoms with E-state index in [4.69, 9.17) is 0 Å². The van der Waals surface area contributed by atoms with Gasteiger partial charge in [-0.2, -0.15) is 0 Å². The minimum absolute atomic E-state index is 0.110. The van der Waals surface area contributed by atoms with Crippen LogP contribution in [0, 0.1) is 29.1 Å². The van der Waals surface area contributed by atoms with Gasteiger partial charge in [-0.3, -0.25) is 9.59 Å². The van der Waals surface area contributed by atoms with Crippen LogP contribution in [0.25, 0.3) is 0 Å². The van der Waals surface area contributed by atoms with Gasteiger partial charge in [-0.15, -0.1) is 0 Å². The molecular weight excluding hydrogens is 260 g/mol. The molecule has 2 nitrogen and oxygen atoms in total. The van der Waals surface area contributed by atoms with Crippen molar-refractivity contribution in [3.05, 3.63) is 11.6 Å². The fourth-order valence-electron chi connectivity index (χ4n) is 5.46. The molecule has 3 aliphatic carbocycles. The van der Waals surface area contributed by atoms with Gasteiger partial charge in [0.25, 0.3) is 0 Å². The average Bonchev–Trinajstić information content (AvgIpc) is 2.49. The van der Waals surface area contributed by atoms with E-state index in [1.54, 1.807) is 0 Å². The molecule has 0 radical (unpaired) electrons. The number of hydrogen-bond acceptors (Lipinski definition) is 2. The van der Waals surface area contributed by atoms with Crippen molar-refractivity contribution in [1.29, 1.82) is 0 Å². The summed E-state index contributed by atoms with van der Waals surface area (Å²) in [5.74, 6) is 3.29. The number of carbonyl (C=O) groups excluding carboxylic acids is 2. The SMILES string of the molecule is CCC(=O)C1(C)CCC2C3CCC(=O)C=C3CCC2C1C. The molecule has 0 aromatic heterocycles. The number of ketones is 2. The predicted molar refractivity (Wildman–Crippen MR) is 83.8 cm³/mol. The molecule has 3 aliphatic rings. The number of fused-ring (bicyclic) bond motifs is 3. The third-order valence-electron chi connectivity index (χ3n) is 6.96. The highest BCUT2D eigenvalue weighted by Crippen LogP contribution is 2.56. The van der Waals surface area contributed by atoms with Crippen LogP contribution in [0.2, 0.25) is 0 Å². The van der Waals surface area contributed by atoms with Crippen LogP contribution in [0.4, 0.5) is 0 Å². The largest absolute Gasteiger partial charge is 0.299 e.